The Bertz CT molecular complexity index is 2960. The smallest absolute Gasteiger partial charge is 0.208 e. The first-order chi connectivity index (χ1) is 32.1. The van der Waals surface area contributed by atoms with Crippen molar-refractivity contribution in [1.29, 1.82) is 0 Å². The van der Waals surface area contributed by atoms with Crippen LogP contribution in [0.3, 0.4) is 0 Å². The average molecular weight is 903 g/mol. The molecule has 0 spiro atoms. The molecule has 0 fully saturated rings. The highest BCUT2D eigenvalue weighted by Crippen LogP contribution is 2.30. The zero-order valence-electron chi connectivity index (χ0n) is 39.3. The number of pyridine rings is 2. The molecule has 4 aromatic carbocycles. The molecule has 67 heavy (non-hydrogen) atoms. The van der Waals surface area contributed by atoms with Crippen LogP contribution in [0.5, 0.6) is 23.0 Å². The topological polar surface area (TPSA) is 193 Å². The second-order valence-corrected chi connectivity index (χ2v) is 16.5. The van der Waals surface area contributed by atoms with Crippen molar-refractivity contribution < 1.29 is 23.9 Å². The number of Topliss-reactive ketones (excluding diaryl/α,β-unsaturated/α-hetero) is 3. The summed E-state index contributed by atoms with van der Waals surface area (Å²) in [6, 6.07) is 35.3. The highest BCUT2D eigenvalue weighted by atomic mass is 16.5. The van der Waals surface area contributed by atoms with Gasteiger partial charge in [-0.05, 0) is 88.4 Å². The number of rotatable bonds is 16. The number of nitrogens with two attached hydrogens (primary N) is 1. The fraction of sp³-hybridized carbons (Fsp3) is 0.250. The number of anilines is 4. The van der Waals surface area contributed by atoms with Gasteiger partial charge in [-0.3, -0.25) is 19.6 Å². The number of benzene rings is 4. The SMILES string of the molecule is CC(C)=O.Cc1ccc(Nc2nc3cc(Oc4ccnc(CC(=O)CN)c4)ccc3n2C)cc1.Cc1ccc(Nc2nc3cc(Oc4ccnc(CC(=O)CNC(C)C)c4)ccc3n2C)cc1. The van der Waals surface area contributed by atoms with Crippen LogP contribution in [0.2, 0.25) is 0 Å². The van der Waals surface area contributed by atoms with E-state index < -0.39 is 0 Å². The summed E-state index contributed by atoms with van der Waals surface area (Å²) >= 11 is 0. The number of hydrogen-bond donors (Lipinski definition) is 4. The van der Waals surface area contributed by atoms with E-state index in [-0.39, 0.29) is 42.8 Å². The van der Waals surface area contributed by atoms with Crippen molar-refractivity contribution in [2.75, 3.05) is 23.7 Å². The highest BCUT2D eigenvalue weighted by Gasteiger charge is 2.13. The molecule has 4 aromatic heterocycles. The third-order valence-corrected chi connectivity index (χ3v) is 10.1. The summed E-state index contributed by atoms with van der Waals surface area (Å²) in [5, 5.41) is 9.85. The predicted molar refractivity (Wildman–Crippen MR) is 265 cm³/mol. The van der Waals surface area contributed by atoms with Crippen LogP contribution in [0, 0.1) is 13.8 Å². The summed E-state index contributed by atoms with van der Waals surface area (Å²) in [6.07, 6.45) is 3.75. The Hall–Kier alpha value is -7.75. The molecule has 346 valence electrons. The number of aryl methyl sites for hydroxylation is 4. The van der Waals surface area contributed by atoms with Gasteiger partial charge in [0.25, 0.3) is 0 Å². The van der Waals surface area contributed by atoms with E-state index in [2.05, 4.69) is 64.0 Å². The zero-order valence-corrected chi connectivity index (χ0v) is 39.3. The van der Waals surface area contributed by atoms with Crippen molar-refractivity contribution in [2.24, 2.45) is 19.8 Å². The number of ether oxygens (including phenoxy) is 2. The van der Waals surface area contributed by atoms with Crippen LogP contribution in [0.4, 0.5) is 23.3 Å². The lowest BCUT2D eigenvalue weighted by atomic mass is 10.2. The number of nitrogens with zero attached hydrogens (tertiary/aromatic N) is 6. The van der Waals surface area contributed by atoms with Crippen molar-refractivity contribution in [3.8, 4) is 23.0 Å². The maximum atomic E-state index is 12.2. The molecular formula is C52H58N10O5. The minimum absolute atomic E-state index is 0.00205. The molecule has 0 atom stereocenters. The van der Waals surface area contributed by atoms with Crippen LogP contribution in [0.15, 0.2) is 122 Å². The molecule has 0 radical (unpaired) electrons. The van der Waals surface area contributed by atoms with Crippen molar-refractivity contribution in [1.82, 2.24) is 34.4 Å². The lowest BCUT2D eigenvalue weighted by Crippen LogP contribution is -2.30. The second-order valence-electron chi connectivity index (χ2n) is 16.5. The van der Waals surface area contributed by atoms with Crippen LogP contribution in [0.25, 0.3) is 22.1 Å². The van der Waals surface area contributed by atoms with Crippen molar-refractivity contribution in [3.63, 3.8) is 0 Å². The molecule has 0 saturated heterocycles. The quantitative estimate of drug-likeness (QED) is 0.0717. The van der Waals surface area contributed by atoms with E-state index in [1.807, 2.05) is 97.7 Å². The minimum atomic E-state index is -0.0665. The number of aromatic nitrogens is 6. The molecule has 0 bridgehead atoms. The number of hydrogen-bond acceptors (Lipinski definition) is 13. The number of imidazole rings is 2. The van der Waals surface area contributed by atoms with Gasteiger partial charge < -0.3 is 45.1 Å². The van der Waals surface area contributed by atoms with Crippen LogP contribution in [0.1, 0.15) is 50.2 Å². The molecule has 15 nitrogen and oxygen atoms in total. The van der Waals surface area contributed by atoms with E-state index >= 15 is 0 Å². The summed E-state index contributed by atoms with van der Waals surface area (Å²) in [6.45, 7) is 11.5. The van der Waals surface area contributed by atoms with Crippen LogP contribution in [-0.4, -0.2) is 65.6 Å². The van der Waals surface area contributed by atoms with Gasteiger partial charge >= 0.3 is 0 Å². The standard InChI is InChI=1S/C26H29N5O2.C23H23N5O2.C3H6O/c1-17(2)28-16-21(32)13-20-14-23(11-12-27-20)33-22-9-10-25-24(15-22)30-26(31(25)4)29-19-7-5-18(3)6-8-19;1-15-3-5-16(6-4-15)26-23-27-21-13-19(7-8-22(21)28(23)2)30-20-9-10-25-17(12-20)11-18(29)14-24;1-3(2)4/h5-12,14-15,17,28H,13,16H2,1-4H3,(H,29,30);3-10,12-13H,11,14,24H2,1-2H3,(H,26,27);1-2H3. The van der Waals surface area contributed by atoms with Crippen LogP contribution < -0.4 is 31.2 Å². The summed E-state index contributed by atoms with van der Waals surface area (Å²) < 4.78 is 16.0. The first-order valence-corrected chi connectivity index (χ1v) is 21.9. The molecule has 8 rings (SSSR count). The highest BCUT2D eigenvalue weighted by molar-refractivity contribution is 5.84. The molecular weight excluding hydrogens is 845 g/mol. The van der Waals surface area contributed by atoms with E-state index in [4.69, 9.17) is 25.2 Å². The van der Waals surface area contributed by atoms with Crippen molar-refractivity contribution in [2.45, 2.75) is 60.4 Å². The first-order valence-electron chi connectivity index (χ1n) is 21.9. The Morgan fingerprint density at radius 2 is 1.00 bits per heavy atom. The Morgan fingerprint density at radius 1 is 0.597 bits per heavy atom. The molecule has 0 aliphatic heterocycles. The summed E-state index contributed by atoms with van der Waals surface area (Å²) in [7, 11) is 3.95. The molecule has 0 aliphatic rings. The number of carbonyl (C=O) groups is 3. The van der Waals surface area contributed by atoms with Crippen LogP contribution >= 0.6 is 0 Å². The van der Waals surface area contributed by atoms with E-state index in [9.17, 15) is 14.4 Å². The van der Waals surface area contributed by atoms with Gasteiger partial charge in [0.2, 0.25) is 11.9 Å². The Balaban J connectivity index is 0.000000206. The number of ketones is 3. The van der Waals surface area contributed by atoms with Gasteiger partial charge in [-0.1, -0.05) is 49.2 Å². The van der Waals surface area contributed by atoms with Gasteiger partial charge in [-0.15, -0.1) is 0 Å². The number of carbonyl (C=O) groups excluding carboxylic acids is 3. The van der Waals surface area contributed by atoms with E-state index in [1.54, 1.807) is 36.7 Å². The Labute approximate surface area is 390 Å². The molecule has 15 heteroatoms. The first kappa shape index (κ1) is 48.7. The minimum Gasteiger partial charge on any atom is -0.457 e. The number of nitrogens with one attached hydrogen (secondary N) is 3. The van der Waals surface area contributed by atoms with Gasteiger partial charge in [0.1, 0.15) is 28.8 Å². The maximum Gasteiger partial charge on any atom is 0.208 e. The van der Waals surface area contributed by atoms with E-state index in [0.717, 1.165) is 45.3 Å². The van der Waals surface area contributed by atoms with Gasteiger partial charge in [0.05, 0.1) is 59.4 Å². The molecule has 0 amide bonds. The van der Waals surface area contributed by atoms with Gasteiger partial charge in [-0.2, -0.15) is 0 Å². The van der Waals surface area contributed by atoms with E-state index in [1.165, 1.54) is 25.0 Å². The van der Waals surface area contributed by atoms with Gasteiger partial charge in [0, 0.05) is 68.2 Å². The van der Waals surface area contributed by atoms with E-state index in [0.29, 0.717) is 40.9 Å². The fourth-order valence-electron chi connectivity index (χ4n) is 6.60. The fourth-order valence-corrected chi connectivity index (χ4v) is 6.60. The lowest BCUT2D eigenvalue weighted by molar-refractivity contribution is -0.118. The maximum absolute atomic E-state index is 12.2. The number of fused-ring (bicyclic) bond motifs is 2. The molecule has 0 aliphatic carbocycles. The molecule has 0 saturated carbocycles. The predicted octanol–water partition coefficient (Wildman–Crippen LogP) is 9.40. The van der Waals surface area contributed by atoms with Gasteiger partial charge in [-0.25, -0.2) is 9.97 Å². The largest absolute Gasteiger partial charge is 0.457 e. The molecule has 4 heterocycles. The van der Waals surface area contributed by atoms with Gasteiger partial charge in [0.15, 0.2) is 11.6 Å². The van der Waals surface area contributed by atoms with Crippen molar-refractivity contribution >= 4 is 62.7 Å². The van der Waals surface area contributed by atoms with Crippen LogP contribution in [-0.2, 0) is 41.3 Å². The molecule has 5 N–H and O–H groups in total. The Kier molecular flexibility index (Phi) is 16.7. The normalized spacial score (nSPS) is 10.8. The Morgan fingerprint density at radius 3 is 1.40 bits per heavy atom. The summed E-state index contributed by atoms with van der Waals surface area (Å²) in [4.78, 5) is 51.1. The molecule has 0 unspecified atom stereocenters. The third-order valence-electron chi connectivity index (χ3n) is 10.1. The zero-order chi connectivity index (χ0) is 48.0. The lowest BCUT2D eigenvalue weighted by Gasteiger charge is -2.09. The third kappa shape index (κ3) is 14.4. The monoisotopic (exact) mass is 902 g/mol. The van der Waals surface area contributed by atoms with Crippen molar-refractivity contribution in [3.05, 3.63) is 144 Å². The summed E-state index contributed by atoms with van der Waals surface area (Å²) in [5.41, 5.74) is 14.7. The average Bonchev–Trinajstić information content (AvgIpc) is 3.77. The second kappa shape index (κ2) is 22.9. The summed E-state index contributed by atoms with van der Waals surface area (Å²) in [5.74, 6) is 4.27. The molecule has 8 aromatic rings.